The number of rotatable bonds is 2. The van der Waals surface area contributed by atoms with Gasteiger partial charge in [0.25, 0.3) is 0 Å². The van der Waals surface area contributed by atoms with E-state index in [4.69, 9.17) is 0 Å². The van der Waals surface area contributed by atoms with Gasteiger partial charge in [-0.15, -0.1) is 0 Å². The second-order valence-electron chi connectivity index (χ2n) is 5.25. The van der Waals surface area contributed by atoms with Crippen molar-refractivity contribution in [3.05, 3.63) is 59.7 Å². The summed E-state index contributed by atoms with van der Waals surface area (Å²) in [5.74, 6) is 0. The average Bonchev–Trinajstić information content (AvgIpc) is 2.51. The summed E-state index contributed by atoms with van der Waals surface area (Å²) in [6, 6.07) is 13.6. The van der Waals surface area contributed by atoms with Gasteiger partial charge in [-0.25, -0.2) is 12.7 Å². The molecule has 1 aliphatic rings. The van der Waals surface area contributed by atoms with Crippen molar-refractivity contribution in [1.29, 1.82) is 0 Å². The number of benzene rings is 2. The molecule has 0 amide bonds. The highest BCUT2D eigenvalue weighted by Gasteiger charge is 2.24. The minimum absolute atomic E-state index is 0.329. The van der Waals surface area contributed by atoms with Gasteiger partial charge in [-0.3, -0.25) is 0 Å². The molecule has 0 N–H and O–H groups in total. The number of sulfonamides is 1. The average molecular weight is 331 g/mol. The first kappa shape index (κ1) is 15.3. The first-order valence-electron chi connectivity index (χ1n) is 6.95. The Morgan fingerprint density at radius 3 is 2.36 bits per heavy atom. The Bertz CT molecular complexity index is 868. The summed E-state index contributed by atoms with van der Waals surface area (Å²) in [7, 11) is -0.321. The molecule has 0 fully saturated rings. The van der Waals surface area contributed by atoms with Gasteiger partial charge in [0.05, 0.1) is 4.90 Å². The van der Waals surface area contributed by atoms with E-state index in [0.717, 1.165) is 21.6 Å². The van der Waals surface area contributed by atoms with Crippen LogP contribution in [-0.4, -0.2) is 26.8 Å². The topological polar surface area (TPSA) is 37.4 Å². The molecule has 0 bridgehead atoms. The third-order valence-electron chi connectivity index (χ3n) is 3.71. The summed E-state index contributed by atoms with van der Waals surface area (Å²) in [6.45, 7) is 1.99. The molecule has 0 spiro atoms. The Morgan fingerprint density at radius 2 is 1.68 bits per heavy atom. The Hall–Kier alpha value is -1.56. The molecule has 0 radical (unpaired) electrons. The summed E-state index contributed by atoms with van der Waals surface area (Å²) in [5.41, 5.74) is 3.22. The van der Waals surface area contributed by atoms with Crippen LogP contribution in [0.15, 0.2) is 63.2 Å². The maximum absolute atomic E-state index is 12.4. The molecule has 1 aliphatic heterocycles. The van der Waals surface area contributed by atoms with Crippen molar-refractivity contribution in [2.75, 3.05) is 14.1 Å². The van der Waals surface area contributed by atoms with Crippen molar-refractivity contribution in [3.63, 3.8) is 0 Å². The quantitative estimate of drug-likeness (QED) is 0.716. The van der Waals surface area contributed by atoms with Gasteiger partial charge in [0.15, 0.2) is 0 Å². The van der Waals surface area contributed by atoms with Crippen LogP contribution in [0.25, 0.3) is 5.57 Å². The number of fused-ring (bicyclic) bond motifs is 2. The Kier molecular flexibility index (Phi) is 3.89. The standard InChI is InChI=1S/C17H17NO2S2/c1-4-13-14-7-5-6-8-16(14)21-17-10-9-12(11-15(13)17)22(19,20)18(2)3/h4-11H,1-3H3/b13-4-. The molecule has 3 rings (SSSR count). The van der Waals surface area contributed by atoms with Gasteiger partial charge >= 0.3 is 0 Å². The lowest BCUT2D eigenvalue weighted by Gasteiger charge is -2.23. The van der Waals surface area contributed by atoms with Crippen LogP contribution in [0.1, 0.15) is 18.1 Å². The fourth-order valence-electron chi connectivity index (χ4n) is 2.53. The van der Waals surface area contributed by atoms with Crippen LogP contribution < -0.4 is 0 Å². The van der Waals surface area contributed by atoms with E-state index in [1.807, 2.05) is 31.2 Å². The monoisotopic (exact) mass is 331 g/mol. The third-order valence-corrected chi connectivity index (χ3v) is 6.67. The fourth-order valence-corrected chi connectivity index (χ4v) is 4.55. The summed E-state index contributed by atoms with van der Waals surface area (Å²) >= 11 is 1.68. The lowest BCUT2D eigenvalue weighted by atomic mass is 9.97. The predicted molar refractivity (Wildman–Crippen MR) is 90.6 cm³/mol. The summed E-state index contributed by atoms with van der Waals surface area (Å²) in [4.78, 5) is 2.62. The van der Waals surface area contributed by atoms with E-state index in [2.05, 4.69) is 12.1 Å². The molecule has 114 valence electrons. The van der Waals surface area contributed by atoms with Gasteiger partial charge in [0.1, 0.15) is 0 Å². The van der Waals surface area contributed by atoms with Crippen LogP contribution in [0, 0.1) is 0 Å². The van der Waals surface area contributed by atoms with E-state index >= 15 is 0 Å². The normalized spacial score (nSPS) is 15.7. The number of hydrogen-bond acceptors (Lipinski definition) is 3. The number of allylic oxidation sites excluding steroid dienone is 1. The molecule has 22 heavy (non-hydrogen) atoms. The van der Waals surface area contributed by atoms with Gasteiger partial charge < -0.3 is 0 Å². The van der Waals surface area contributed by atoms with Crippen molar-refractivity contribution in [2.24, 2.45) is 0 Å². The van der Waals surface area contributed by atoms with Crippen molar-refractivity contribution >= 4 is 27.4 Å². The molecule has 2 aromatic rings. The van der Waals surface area contributed by atoms with Crippen LogP contribution in [0.4, 0.5) is 0 Å². The third kappa shape index (κ3) is 2.39. The second kappa shape index (κ2) is 5.57. The zero-order valence-electron chi connectivity index (χ0n) is 12.7. The predicted octanol–water partition coefficient (Wildman–Crippen LogP) is 3.85. The molecule has 1 heterocycles. The molecular formula is C17H17NO2S2. The van der Waals surface area contributed by atoms with Crippen molar-refractivity contribution < 1.29 is 8.42 Å². The van der Waals surface area contributed by atoms with Crippen LogP contribution in [-0.2, 0) is 10.0 Å². The van der Waals surface area contributed by atoms with Crippen LogP contribution in [0.2, 0.25) is 0 Å². The molecule has 0 saturated heterocycles. The zero-order valence-corrected chi connectivity index (χ0v) is 14.3. The first-order chi connectivity index (χ1) is 10.4. The van der Waals surface area contributed by atoms with E-state index in [0.29, 0.717) is 4.90 Å². The highest BCUT2D eigenvalue weighted by atomic mass is 32.2. The maximum Gasteiger partial charge on any atom is 0.242 e. The van der Waals surface area contributed by atoms with Crippen molar-refractivity contribution in [3.8, 4) is 0 Å². The van der Waals surface area contributed by atoms with Gasteiger partial charge in [-0.2, -0.15) is 0 Å². The van der Waals surface area contributed by atoms with E-state index in [1.165, 1.54) is 9.20 Å². The Labute approximate surface area is 135 Å². The van der Waals surface area contributed by atoms with E-state index < -0.39 is 10.0 Å². The molecule has 2 aromatic carbocycles. The lowest BCUT2D eigenvalue weighted by molar-refractivity contribution is 0.520. The highest BCUT2D eigenvalue weighted by molar-refractivity contribution is 7.99. The Morgan fingerprint density at radius 1 is 1.00 bits per heavy atom. The van der Waals surface area contributed by atoms with E-state index in [9.17, 15) is 8.42 Å². The molecule has 5 heteroatoms. The smallest absolute Gasteiger partial charge is 0.207 e. The molecule has 0 aromatic heterocycles. The summed E-state index contributed by atoms with van der Waals surface area (Å²) in [6.07, 6.45) is 2.05. The van der Waals surface area contributed by atoms with Crippen LogP contribution in [0.3, 0.4) is 0 Å². The first-order valence-corrected chi connectivity index (χ1v) is 9.21. The molecule has 0 unspecified atom stereocenters. The molecule has 3 nitrogen and oxygen atoms in total. The van der Waals surface area contributed by atoms with Gasteiger partial charge in [-0.05, 0) is 47.9 Å². The van der Waals surface area contributed by atoms with E-state index in [-0.39, 0.29) is 0 Å². The lowest BCUT2D eigenvalue weighted by Crippen LogP contribution is -2.22. The molecule has 0 atom stereocenters. The summed E-state index contributed by atoms with van der Waals surface area (Å²) in [5, 5.41) is 0. The largest absolute Gasteiger partial charge is 0.242 e. The van der Waals surface area contributed by atoms with Gasteiger partial charge in [0.2, 0.25) is 10.0 Å². The highest BCUT2D eigenvalue weighted by Crippen LogP contribution is 2.45. The Balaban J connectivity index is 2.20. The van der Waals surface area contributed by atoms with Crippen molar-refractivity contribution in [2.45, 2.75) is 21.6 Å². The zero-order chi connectivity index (χ0) is 15.9. The van der Waals surface area contributed by atoms with E-state index in [1.54, 1.807) is 38.0 Å². The fraction of sp³-hybridized carbons (Fsp3) is 0.176. The summed E-state index contributed by atoms with van der Waals surface area (Å²) < 4.78 is 26.0. The second-order valence-corrected chi connectivity index (χ2v) is 8.48. The minimum atomic E-state index is -3.42. The van der Waals surface area contributed by atoms with Crippen molar-refractivity contribution in [1.82, 2.24) is 4.31 Å². The molecule has 0 aliphatic carbocycles. The van der Waals surface area contributed by atoms with Gasteiger partial charge in [-0.1, -0.05) is 36.0 Å². The number of nitrogens with zero attached hydrogens (tertiary/aromatic N) is 1. The maximum atomic E-state index is 12.4. The molecule has 0 saturated carbocycles. The molecular weight excluding hydrogens is 314 g/mol. The van der Waals surface area contributed by atoms with Crippen LogP contribution in [0.5, 0.6) is 0 Å². The SMILES string of the molecule is C/C=C1/c2ccccc2Sc2ccc(S(=O)(=O)N(C)C)cc21. The van der Waals surface area contributed by atoms with Gasteiger partial charge in [0, 0.05) is 23.9 Å². The van der Waals surface area contributed by atoms with Crippen LogP contribution >= 0.6 is 11.8 Å². The minimum Gasteiger partial charge on any atom is -0.207 e. The number of hydrogen-bond donors (Lipinski definition) is 0.